The van der Waals surface area contributed by atoms with Crippen LogP contribution in [0.15, 0.2) is 18.5 Å². The number of nitrogens with one attached hydrogen (secondary N) is 1. The van der Waals surface area contributed by atoms with Crippen LogP contribution >= 0.6 is 7.75 Å². The van der Waals surface area contributed by atoms with Gasteiger partial charge < -0.3 is 34.2 Å². The summed E-state index contributed by atoms with van der Waals surface area (Å²) in [5.41, 5.74) is 4.13. The minimum absolute atomic E-state index is 0.0349. The summed E-state index contributed by atoms with van der Waals surface area (Å²) in [6, 6.07) is 3.71. The highest BCUT2D eigenvalue weighted by molar-refractivity contribution is 7.51. The number of ether oxygens (including phenoxy) is 6. The number of nitrogens with zero attached hydrogens (tertiary/aromatic N) is 4. The third kappa shape index (κ3) is 9.64. The monoisotopic (exact) mass is 712 g/mol. The molecule has 2 aromatic heterocycles. The van der Waals surface area contributed by atoms with E-state index in [1.807, 2.05) is 6.07 Å². The Bertz CT molecular complexity index is 1590. The number of nitrogens with two attached hydrogens (primary N) is 1. The van der Waals surface area contributed by atoms with Crippen molar-refractivity contribution in [2.24, 2.45) is 0 Å². The Kier molecular flexibility index (Phi) is 13.4. The third-order valence-electron chi connectivity index (χ3n) is 6.73. The van der Waals surface area contributed by atoms with Crippen LogP contribution in [0.3, 0.4) is 0 Å². The summed E-state index contributed by atoms with van der Waals surface area (Å²) in [5.74, 6) is -2.26. The number of nitrogen functional groups attached to an aromatic ring is 1. The van der Waals surface area contributed by atoms with Crippen molar-refractivity contribution < 1.29 is 61.2 Å². The lowest BCUT2D eigenvalue weighted by Crippen LogP contribution is -2.46. The number of aromatic nitrogens is 3. The van der Waals surface area contributed by atoms with Crippen LogP contribution in [0.5, 0.6) is 0 Å². The summed E-state index contributed by atoms with van der Waals surface area (Å²) in [5, 5.41) is 17.2. The zero-order chi connectivity index (χ0) is 36.5. The van der Waals surface area contributed by atoms with E-state index < -0.39 is 87.4 Å². The molecule has 0 bridgehead atoms. The van der Waals surface area contributed by atoms with E-state index in [1.54, 1.807) is 27.7 Å². The highest BCUT2D eigenvalue weighted by Gasteiger charge is 2.62. The zero-order valence-electron chi connectivity index (χ0n) is 28.1. The number of rotatable bonds is 16. The van der Waals surface area contributed by atoms with Gasteiger partial charge in [-0.05, 0) is 46.8 Å². The second kappa shape index (κ2) is 16.9. The average Bonchev–Trinajstić information content (AvgIpc) is 3.60. The molecule has 6 atom stereocenters. The highest BCUT2D eigenvalue weighted by atomic mass is 31.2. The molecule has 3 N–H and O–H groups in total. The number of esters is 3. The molecule has 1 aliphatic heterocycles. The Labute approximate surface area is 282 Å². The smallest absolute Gasteiger partial charge is 0.462 e. The molecular formula is C29H41N6O13P. The molecule has 1 saturated heterocycles. The molecule has 1 fully saturated rings. The predicted molar refractivity (Wildman–Crippen MR) is 166 cm³/mol. The van der Waals surface area contributed by atoms with Crippen molar-refractivity contribution in [3.05, 3.63) is 24.2 Å². The molecule has 0 saturated carbocycles. The topological polar surface area (TPSA) is 251 Å². The fraction of sp³-hybridized carbons (Fsp3) is 0.621. The SMILES string of the molecule is CCC(=O)O[C@H]1[C@@H](OC(=O)CC)[C@](C#N)(c2ccc3c(N)ncnn23)O[C@@H]1CO[P@](=O)(N[C@@H](C)C(=O)OC(C)C)OCOC(=O)OC(C)C. The van der Waals surface area contributed by atoms with Gasteiger partial charge in [0.25, 0.3) is 0 Å². The van der Waals surface area contributed by atoms with E-state index in [0.717, 1.165) is 6.33 Å². The number of anilines is 1. The lowest BCUT2D eigenvalue weighted by molar-refractivity contribution is -0.169. The molecule has 0 radical (unpaired) electrons. The molecule has 20 heteroatoms. The van der Waals surface area contributed by atoms with Crippen LogP contribution in [-0.2, 0) is 62.0 Å². The van der Waals surface area contributed by atoms with Crippen LogP contribution in [0.2, 0.25) is 0 Å². The van der Waals surface area contributed by atoms with E-state index in [-0.39, 0.29) is 24.4 Å². The first-order valence-corrected chi connectivity index (χ1v) is 16.9. The van der Waals surface area contributed by atoms with E-state index in [0.29, 0.717) is 5.52 Å². The molecule has 3 rings (SSSR count). The first-order chi connectivity index (χ1) is 23.1. The summed E-state index contributed by atoms with van der Waals surface area (Å²) >= 11 is 0. The predicted octanol–water partition coefficient (Wildman–Crippen LogP) is 2.66. The highest BCUT2D eigenvalue weighted by Crippen LogP contribution is 2.48. The Balaban J connectivity index is 2.03. The number of hydrogen-bond acceptors (Lipinski definition) is 17. The molecule has 0 unspecified atom stereocenters. The normalized spacial score (nSPS) is 22.2. The average molecular weight is 713 g/mol. The Morgan fingerprint density at radius 2 is 1.71 bits per heavy atom. The molecule has 0 aromatic carbocycles. The number of hydrogen-bond donors (Lipinski definition) is 2. The number of fused-ring (bicyclic) bond motifs is 1. The van der Waals surface area contributed by atoms with Gasteiger partial charge in [-0.2, -0.15) is 10.4 Å². The maximum absolute atomic E-state index is 14.0. The van der Waals surface area contributed by atoms with Gasteiger partial charge in [-0.1, -0.05) is 13.8 Å². The molecule has 270 valence electrons. The van der Waals surface area contributed by atoms with Crippen molar-refractivity contribution in [1.82, 2.24) is 19.7 Å². The maximum atomic E-state index is 14.0. The van der Waals surface area contributed by atoms with Gasteiger partial charge in [-0.3, -0.25) is 23.4 Å². The van der Waals surface area contributed by atoms with Gasteiger partial charge >= 0.3 is 31.8 Å². The van der Waals surface area contributed by atoms with Crippen LogP contribution < -0.4 is 10.8 Å². The lowest BCUT2D eigenvalue weighted by Gasteiger charge is -2.28. The summed E-state index contributed by atoms with van der Waals surface area (Å²) in [6.07, 6.45) is -5.85. The maximum Gasteiger partial charge on any atom is 0.510 e. The van der Waals surface area contributed by atoms with Crippen molar-refractivity contribution in [3.8, 4) is 6.07 Å². The molecule has 3 heterocycles. The standard InChI is InChI=1S/C29H41N6O13P/c1-8-22(36)46-24-20(12-42-49(40,34-18(7)27(38)44-16(3)4)43-15-41-28(39)45-17(5)6)48-29(13-30,25(24)47-23(37)9-2)21-11-10-19-26(31)32-14-33-35(19)21/h10-11,14,16-18,20,24-25H,8-9,12,15H2,1-7H3,(H,34,40)(H2,31,32,33)/t18-,20+,24+,25+,29-,49+/m0/s1. The van der Waals surface area contributed by atoms with Crippen LogP contribution in [0.25, 0.3) is 5.52 Å². The molecule has 49 heavy (non-hydrogen) atoms. The van der Waals surface area contributed by atoms with E-state index in [9.17, 15) is 29.0 Å². The first kappa shape index (κ1) is 39.1. The van der Waals surface area contributed by atoms with Crippen molar-refractivity contribution in [2.45, 2.75) is 103 Å². The second-order valence-corrected chi connectivity index (χ2v) is 12.9. The van der Waals surface area contributed by atoms with Crippen LogP contribution in [0.1, 0.15) is 67.0 Å². The van der Waals surface area contributed by atoms with Crippen molar-refractivity contribution in [3.63, 3.8) is 0 Å². The van der Waals surface area contributed by atoms with Gasteiger partial charge in [-0.15, -0.1) is 0 Å². The summed E-state index contributed by atoms with van der Waals surface area (Å²) < 4.78 is 58.6. The molecule has 19 nitrogen and oxygen atoms in total. The van der Waals surface area contributed by atoms with E-state index in [4.69, 9.17) is 43.2 Å². The fourth-order valence-electron chi connectivity index (χ4n) is 4.54. The van der Waals surface area contributed by atoms with Gasteiger partial charge in [0.15, 0.2) is 18.0 Å². The zero-order valence-corrected chi connectivity index (χ0v) is 29.0. The van der Waals surface area contributed by atoms with E-state index in [1.165, 1.54) is 37.4 Å². The number of nitriles is 1. The Hall–Kier alpha value is -4.34. The molecule has 0 amide bonds. The van der Waals surface area contributed by atoms with Gasteiger partial charge in [0.05, 0.1) is 24.5 Å². The van der Waals surface area contributed by atoms with E-state index in [2.05, 4.69) is 15.2 Å². The number of carbonyl (C=O) groups is 4. The van der Waals surface area contributed by atoms with Crippen LogP contribution in [-0.4, -0.2) is 88.6 Å². The summed E-state index contributed by atoms with van der Waals surface area (Å²) in [7, 11) is -4.63. The molecule has 0 aliphatic carbocycles. The van der Waals surface area contributed by atoms with Crippen molar-refractivity contribution in [2.75, 3.05) is 19.1 Å². The molecule has 2 aromatic rings. The van der Waals surface area contributed by atoms with Gasteiger partial charge in [0.1, 0.15) is 30.1 Å². The molecule has 0 spiro atoms. The number of carbonyl (C=O) groups excluding carboxylic acids is 4. The van der Waals surface area contributed by atoms with Crippen molar-refractivity contribution in [1.29, 1.82) is 5.26 Å². The van der Waals surface area contributed by atoms with Gasteiger partial charge in [0.2, 0.25) is 12.4 Å². The van der Waals surface area contributed by atoms with Crippen LogP contribution in [0, 0.1) is 11.3 Å². The first-order valence-electron chi connectivity index (χ1n) is 15.4. The van der Waals surface area contributed by atoms with Gasteiger partial charge in [0, 0.05) is 12.8 Å². The third-order valence-corrected chi connectivity index (χ3v) is 8.37. The minimum Gasteiger partial charge on any atom is -0.462 e. The van der Waals surface area contributed by atoms with Crippen LogP contribution in [0.4, 0.5) is 10.6 Å². The molecule has 1 aliphatic rings. The fourth-order valence-corrected chi connectivity index (χ4v) is 5.88. The lowest BCUT2D eigenvalue weighted by atomic mass is 9.92. The second-order valence-electron chi connectivity index (χ2n) is 11.2. The molecular weight excluding hydrogens is 671 g/mol. The van der Waals surface area contributed by atoms with Crippen molar-refractivity contribution >= 4 is 43.1 Å². The minimum atomic E-state index is -4.63. The summed E-state index contributed by atoms with van der Waals surface area (Å²) in [4.78, 5) is 53.8. The van der Waals surface area contributed by atoms with Gasteiger partial charge in [-0.25, -0.2) is 23.9 Å². The Morgan fingerprint density at radius 3 is 2.33 bits per heavy atom. The van der Waals surface area contributed by atoms with E-state index >= 15 is 0 Å². The summed E-state index contributed by atoms with van der Waals surface area (Å²) in [6.45, 7) is 9.03. The quantitative estimate of drug-likeness (QED) is 0.110. The Morgan fingerprint density at radius 1 is 1.06 bits per heavy atom. The largest absolute Gasteiger partial charge is 0.510 e.